The lowest BCUT2D eigenvalue weighted by molar-refractivity contribution is -0.144. The van der Waals surface area contributed by atoms with Gasteiger partial charge in [-0.05, 0) is 36.6 Å². The zero-order valence-corrected chi connectivity index (χ0v) is 22.0. The van der Waals surface area contributed by atoms with Gasteiger partial charge in [0.2, 0.25) is 11.8 Å². The molecule has 37 heavy (non-hydrogen) atoms. The summed E-state index contributed by atoms with van der Waals surface area (Å²) in [5.74, 6) is -0.507. The van der Waals surface area contributed by atoms with Gasteiger partial charge in [-0.15, -0.1) is 0 Å². The van der Waals surface area contributed by atoms with Crippen molar-refractivity contribution in [1.29, 1.82) is 0 Å². The van der Waals surface area contributed by atoms with E-state index >= 15 is 0 Å². The van der Waals surface area contributed by atoms with Crippen molar-refractivity contribution in [2.24, 2.45) is 5.92 Å². The number of aliphatic hydroxyl groups is 3. The first-order valence-electron chi connectivity index (χ1n) is 13.4. The Morgan fingerprint density at radius 1 is 1.16 bits per heavy atom. The Kier molecular flexibility index (Phi) is 8.77. The minimum atomic E-state index is -1.08. The number of aliphatic hydroxyl groups excluding tert-OH is 3. The molecular formula is C28H40N2O7. The highest BCUT2D eigenvalue weighted by atomic mass is 16.5. The molecule has 1 aliphatic heterocycles. The first kappa shape index (κ1) is 27.4. The number of nitrogens with zero attached hydrogens (tertiary/aromatic N) is 1. The van der Waals surface area contributed by atoms with Crippen LogP contribution < -0.4 is 14.8 Å². The van der Waals surface area contributed by atoms with Gasteiger partial charge in [-0.1, -0.05) is 39.5 Å². The van der Waals surface area contributed by atoms with Crippen LogP contribution in [-0.2, 0) is 16.2 Å². The Labute approximate surface area is 218 Å². The normalized spacial score (nSPS) is 25.4. The van der Waals surface area contributed by atoms with Gasteiger partial charge in [0, 0.05) is 29.6 Å². The highest BCUT2D eigenvalue weighted by Crippen LogP contribution is 2.51. The minimum absolute atomic E-state index is 0.0362. The van der Waals surface area contributed by atoms with Crippen LogP contribution in [0.5, 0.6) is 11.5 Å². The molecule has 9 nitrogen and oxygen atoms in total. The highest BCUT2D eigenvalue weighted by molar-refractivity contribution is 5.96. The van der Waals surface area contributed by atoms with Crippen LogP contribution in [0, 0.1) is 5.92 Å². The molecule has 2 amide bonds. The predicted octanol–water partition coefficient (Wildman–Crippen LogP) is 2.02. The Balaban J connectivity index is 1.82. The maximum atomic E-state index is 13.6. The van der Waals surface area contributed by atoms with E-state index in [0.29, 0.717) is 28.2 Å². The lowest BCUT2D eigenvalue weighted by Crippen LogP contribution is -2.59. The maximum absolute atomic E-state index is 13.6. The molecular weight excluding hydrogens is 476 g/mol. The Morgan fingerprint density at radius 2 is 1.86 bits per heavy atom. The largest absolute Gasteiger partial charge is 0.493 e. The molecule has 1 aromatic rings. The van der Waals surface area contributed by atoms with Crippen molar-refractivity contribution in [2.45, 2.75) is 89.2 Å². The van der Waals surface area contributed by atoms with E-state index in [2.05, 4.69) is 5.32 Å². The van der Waals surface area contributed by atoms with Gasteiger partial charge in [0.1, 0.15) is 12.2 Å². The van der Waals surface area contributed by atoms with E-state index in [-0.39, 0.29) is 43.5 Å². The van der Waals surface area contributed by atoms with Crippen LogP contribution >= 0.6 is 0 Å². The molecule has 1 fully saturated rings. The summed E-state index contributed by atoms with van der Waals surface area (Å²) in [6.07, 6.45) is 5.78. The number of amides is 2. The van der Waals surface area contributed by atoms with Crippen LogP contribution in [0.15, 0.2) is 23.8 Å². The molecule has 0 bridgehead atoms. The van der Waals surface area contributed by atoms with E-state index in [1.165, 1.54) is 7.11 Å². The number of ether oxygens (including phenoxy) is 2. The number of rotatable bonds is 8. The van der Waals surface area contributed by atoms with Gasteiger partial charge in [0.05, 0.1) is 32.3 Å². The molecule has 9 heteroatoms. The van der Waals surface area contributed by atoms with Crippen LogP contribution in [0.1, 0.15) is 69.4 Å². The van der Waals surface area contributed by atoms with Crippen molar-refractivity contribution in [1.82, 2.24) is 10.2 Å². The van der Waals surface area contributed by atoms with Crippen LogP contribution in [0.2, 0.25) is 0 Å². The van der Waals surface area contributed by atoms with Gasteiger partial charge >= 0.3 is 0 Å². The average Bonchev–Trinajstić information content (AvgIpc) is 3.08. The molecule has 4 rings (SSSR count). The second-order valence-corrected chi connectivity index (χ2v) is 10.6. The van der Waals surface area contributed by atoms with Crippen molar-refractivity contribution < 1.29 is 34.4 Å². The summed E-state index contributed by atoms with van der Waals surface area (Å²) in [6.45, 7) is 3.35. The Hall–Kier alpha value is -2.62. The Bertz CT molecular complexity index is 1020. The molecule has 1 heterocycles. The molecule has 2 aliphatic carbocycles. The molecule has 204 valence electrons. The first-order chi connectivity index (χ1) is 17.8. The zero-order valence-electron chi connectivity index (χ0n) is 22.0. The fraction of sp³-hybridized carbons (Fsp3) is 0.643. The fourth-order valence-corrected chi connectivity index (χ4v) is 5.99. The maximum Gasteiger partial charge on any atom is 0.247 e. The van der Waals surface area contributed by atoms with Gasteiger partial charge in [-0.2, -0.15) is 0 Å². The van der Waals surface area contributed by atoms with E-state index in [1.54, 1.807) is 23.1 Å². The van der Waals surface area contributed by atoms with E-state index < -0.39 is 24.2 Å². The third-order valence-corrected chi connectivity index (χ3v) is 7.78. The lowest BCUT2D eigenvalue weighted by atomic mass is 9.76. The van der Waals surface area contributed by atoms with E-state index in [9.17, 15) is 24.9 Å². The molecule has 3 aliphatic rings. The minimum Gasteiger partial charge on any atom is -0.493 e. The highest BCUT2D eigenvalue weighted by Gasteiger charge is 2.52. The van der Waals surface area contributed by atoms with Crippen LogP contribution in [0.4, 0.5) is 0 Å². The molecule has 1 saturated carbocycles. The second-order valence-electron chi connectivity index (χ2n) is 10.6. The number of hydrogen-bond acceptors (Lipinski definition) is 7. The number of carbonyl (C=O) groups excluding carboxylic acids is 2. The molecule has 0 aromatic heterocycles. The summed E-state index contributed by atoms with van der Waals surface area (Å²) in [6, 6.07) is 2.66. The SMILES string of the molecule is COc1cc(CO)cc2c1O[C@@H]1[C@@H](O)[C@H](N(C(=O)C(C)C)C3CCCCCC3)C=C(C(=O)NCCO)[C@H]21. The van der Waals surface area contributed by atoms with E-state index in [0.717, 1.165) is 38.5 Å². The van der Waals surface area contributed by atoms with Gasteiger partial charge in [0.25, 0.3) is 0 Å². The number of nitrogens with one attached hydrogen (secondary N) is 1. The first-order valence-corrected chi connectivity index (χ1v) is 13.4. The molecule has 4 atom stereocenters. The topological polar surface area (TPSA) is 129 Å². The number of carbonyl (C=O) groups is 2. The molecule has 0 spiro atoms. The van der Waals surface area contributed by atoms with Gasteiger partial charge < -0.3 is 35.0 Å². The third-order valence-electron chi connectivity index (χ3n) is 7.78. The quantitative estimate of drug-likeness (QED) is 0.389. The van der Waals surface area contributed by atoms with E-state index in [1.807, 2.05) is 13.8 Å². The summed E-state index contributed by atoms with van der Waals surface area (Å²) in [7, 11) is 1.50. The fourth-order valence-electron chi connectivity index (χ4n) is 5.99. The molecule has 1 aromatic carbocycles. The molecule has 4 N–H and O–H groups in total. The smallest absolute Gasteiger partial charge is 0.247 e. The van der Waals surface area contributed by atoms with Crippen molar-refractivity contribution >= 4 is 11.8 Å². The predicted molar refractivity (Wildman–Crippen MR) is 137 cm³/mol. The molecule has 0 radical (unpaired) electrons. The van der Waals surface area contributed by atoms with Gasteiger partial charge in [-0.25, -0.2) is 0 Å². The summed E-state index contributed by atoms with van der Waals surface area (Å²) in [5.41, 5.74) is 1.62. The van der Waals surface area contributed by atoms with E-state index in [4.69, 9.17) is 9.47 Å². The molecule has 0 unspecified atom stereocenters. The van der Waals surface area contributed by atoms with Crippen molar-refractivity contribution in [3.05, 3.63) is 34.9 Å². The van der Waals surface area contributed by atoms with Crippen molar-refractivity contribution in [3.63, 3.8) is 0 Å². The van der Waals surface area contributed by atoms with Gasteiger partial charge in [0.15, 0.2) is 11.5 Å². The Morgan fingerprint density at radius 3 is 2.46 bits per heavy atom. The van der Waals surface area contributed by atoms with Gasteiger partial charge in [-0.3, -0.25) is 9.59 Å². The summed E-state index contributed by atoms with van der Waals surface area (Å²) in [4.78, 5) is 28.8. The second kappa shape index (κ2) is 11.8. The average molecular weight is 517 g/mol. The zero-order chi connectivity index (χ0) is 26.7. The number of benzene rings is 1. The summed E-state index contributed by atoms with van der Waals surface area (Å²) in [5, 5.41) is 33.6. The molecule has 0 saturated heterocycles. The number of methoxy groups -OCH3 is 1. The van der Waals surface area contributed by atoms with Crippen LogP contribution in [0.3, 0.4) is 0 Å². The van der Waals surface area contributed by atoms with Crippen molar-refractivity contribution in [3.8, 4) is 11.5 Å². The summed E-state index contributed by atoms with van der Waals surface area (Å²) < 4.78 is 11.8. The van der Waals surface area contributed by atoms with Crippen LogP contribution in [0.25, 0.3) is 0 Å². The monoisotopic (exact) mass is 516 g/mol. The third kappa shape index (κ3) is 5.35. The van der Waals surface area contributed by atoms with Crippen LogP contribution in [-0.4, -0.2) is 76.6 Å². The number of hydrogen-bond donors (Lipinski definition) is 4. The standard InChI is InChI=1S/C28H40N2O7/c1-16(2)28(35)30(18-8-6-4-5-7-9-18)21-14-20(27(34)29-10-11-31)23-19-12-17(15-32)13-22(36-3)25(19)37-26(23)24(21)33/h12-14,16,18,21,23-24,26,31-33H,4-11,15H2,1-3H3,(H,29,34)/t21-,23+,24+,26+/m1/s1. The van der Waals surface area contributed by atoms with Crippen molar-refractivity contribution in [2.75, 3.05) is 20.3 Å². The number of fused-ring (bicyclic) bond motifs is 3. The summed E-state index contributed by atoms with van der Waals surface area (Å²) >= 11 is 0. The lowest BCUT2D eigenvalue weighted by Gasteiger charge is -2.44.